The molecule has 4 nitrogen and oxygen atoms in total. The summed E-state index contributed by atoms with van der Waals surface area (Å²) in [5, 5.41) is 11.7. The predicted molar refractivity (Wildman–Crippen MR) is 90.0 cm³/mol. The van der Waals surface area contributed by atoms with Gasteiger partial charge >= 0.3 is 0 Å². The van der Waals surface area contributed by atoms with Crippen LogP contribution in [-0.4, -0.2) is 10.2 Å². The van der Waals surface area contributed by atoms with Gasteiger partial charge in [0, 0.05) is 5.92 Å². The lowest BCUT2D eigenvalue weighted by Gasteiger charge is -2.19. The summed E-state index contributed by atoms with van der Waals surface area (Å²) >= 11 is 0. The first-order valence-corrected chi connectivity index (χ1v) is 7.89. The Morgan fingerprint density at radius 1 is 0.870 bits per heavy atom. The fourth-order valence-corrected chi connectivity index (χ4v) is 2.48. The quantitative estimate of drug-likeness (QED) is 0.746. The minimum Gasteiger partial charge on any atom is -0.424 e. The third-order valence-corrected chi connectivity index (χ3v) is 3.70. The van der Waals surface area contributed by atoms with Gasteiger partial charge in [0.25, 0.3) is 0 Å². The molecular weight excluding hydrogens is 286 g/mol. The Bertz CT molecular complexity index is 683. The van der Waals surface area contributed by atoms with Gasteiger partial charge in [-0.1, -0.05) is 74.5 Å². The number of nitrogens with one attached hydrogen (secondary N) is 1. The van der Waals surface area contributed by atoms with Crippen LogP contribution in [0.3, 0.4) is 0 Å². The molecule has 0 aliphatic heterocycles. The van der Waals surface area contributed by atoms with E-state index in [1.807, 2.05) is 26.0 Å². The largest absolute Gasteiger partial charge is 0.424 e. The Balaban J connectivity index is 1.79. The van der Waals surface area contributed by atoms with Gasteiger partial charge < -0.3 is 4.42 Å². The highest BCUT2D eigenvalue weighted by molar-refractivity contribution is 5.31. The molecular formula is C19H21N3O. The second-order valence-corrected chi connectivity index (χ2v) is 5.82. The predicted octanol–water partition coefficient (Wildman–Crippen LogP) is 4.07. The lowest BCUT2D eigenvalue weighted by Crippen LogP contribution is -2.22. The maximum atomic E-state index is 5.68. The van der Waals surface area contributed by atoms with Gasteiger partial charge in [0.15, 0.2) is 0 Å². The Labute approximate surface area is 136 Å². The number of hydrogen-bond donors (Lipinski definition) is 1. The van der Waals surface area contributed by atoms with Gasteiger partial charge in [0.1, 0.15) is 0 Å². The molecule has 3 aromatic rings. The molecule has 118 valence electrons. The molecule has 0 radical (unpaired) electrons. The average Bonchev–Trinajstić information content (AvgIpc) is 3.06. The van der Waals surface area contributed by atoms with Crippen molar-refractivity contribution >= 4 is 0 Å². The van der Waals surface area contributed by atoms with Crippen LogP contribution < -0.4 is 5.32 Å². The minimum atomic E-state index is 0.0896. The highest BCUT2D eigenvalue weighted by Gasteiger charge is 2.15. The molecule has 1 N–H and O–H groups in total. The van der Waals surface area contributed by atoms with Crippen LogP contribution in [0.2, 0.25) is 0 Å². The Hall–Kier alpha value is -2.46. The first kappa shape index (κ1) is 15.4. The van der Waals surface area contributed by atoms with Crippen LogP contribution in [0.25, 0.3) is 0 Å². The van der Waals surface area contributed by atoms with E-state index in [0.29, 0.717) is 18.3 Å². The summed E-state index contributed by atoms with van der Waals surface area (Å²) in [7, 11) is 0. The van der Waals surface area contributed by atoms with Crippen LogP contribution in [0, 0.1) is 0 Å². The first-order chi connectivity index (χ1) is 11.2. The minimum absolute atomic E-state index is 0.0896. The highest BCUT2D eigenvalue weighted by Crippen LogP contribution is 2.22. The van der Waals surface area contributed by atoms with Gasteiger partial charge in [-0.05, 0) is 11.1 Å². The number of rotatable bonds is 6. The molecule has 0 fully saturated rings. The molecule has 0 aliphatic carbocycles. The van der Waals surface area contributed by atoms with E-state index < -0.39 is 0 Å². The Kier molecular flexibility index (Phi) is 4.83. The molecule has 0 spiro atoms. The first-order valence-electron chi connectivity index (χ1n) is 7.89. The topological polar surface area (TPSA) is 51.0 Å². The van der Waals surface area contributed by atoms with Crippen LogP contribution in [-0.2, 0) is 6.54 Å². The van der Waals surface area contributed by atoms with Crippen LogP contribution in [0.5, 0.6) is 0 Å². The van der Waals surface area contributed by atoms with Gasteiger partial charge in [0.05, 0.1) is 12.6 Å². The van der Waals surface area contributed by atoms with E-state index in [1.165, 1.54) is 11.1 Å². The zero-order valence-electron chi connectivity index (χ0n) is 13.4. The van der Waals surface area contributed by atoms with Crippen LogP contribution in [0.1, 0.15) is 48.7 Å². The second kappa shape index (κ2) is 7.20. The van der Waals surface area contributed by atoms with Gasteiger partial charge in [-0.2, -0.15) is 0 Å². The van der Waals surface area contributed by atoms with Crippen molar-refractivity contribution in [3.8, 4) is 0 Å². The van der Waals surface area contributed by atoms with E-state index in [9.17, 15) is 0 Å². The van der Waals surface area contributed by atoms with Crippen LogP contribution in [0.4, 0.5) is 0 Å². The van der Waals surface area contributed by atoms with Crippen molar-refractivity contribution in [2.24, 2.45) is 0 Å². The van der Waals surface area contributed by atoms with Gasteiger partial charge in [0.2, 0.25) is 11.8 Å². The zero-order valence-corrected chi connectivity index (χ0v) is 13.4. The van der Waals surface area contributed by atoms with Crippen molar-refractivity contribution in [2.75, 3.05) is 0 Å². The molecule has 0 saturated heterocycles. The fourth-order valence-electron chi connectivity index (χ4n) is 2.48. The van der Waals surface area contributed by atoms with Crippen LogP contribution >= 0.6 is 0 Å². The van der Waals surface area contributed by atoms with Gasteiger partial charge in [-0.3, -0.25) is 5.32 Å². The van der Waals surface area contributed by atoms with E-state index in [0.717, 1.165) is 0 Å². The monoisotopic (exact) mass is 307 g/mol. The molecule has 0 saturated carbocycles. The van der Waals surface area contributed by atoms with Crippen molar-refractivity contribution in [2.45, 2.75) is 32.4 Å². The maximum Gasteiger partial charge on any atom is 0.230 e. The molecule has 4 heteroatoms. The van der Waals surface area contributed by atoms with E-state index in [-0.39, 0.29) is 12.0 Å². The third-order valence-electron chi connectivity index (χ3n) is 3.70. The molecule has 0 atom stereocenters. The second-order valence-electron chi connectivity index (χ2n) is 5.82. The SMILES string of the molecule is CC(C)c1nnc(CNC(c2ccccc2)c2ccccc2)o1. The summed E-state index contributed by atoms with van der Waals surface area (Å²) in [5.41, 5.74) is 2.42. The van der Waals surface area contributed by atoms with E-state index in [1.54, 1.807) is 0 Å². The third kappa shape index (κ3) is 3.85. The Morgan fingerprint density at radius 2 is 1.43 bits per heavy atom. The van der Waals surface area contributed by atoms with Gasteiger partial charge in [-0.15, -0.1) is 10.2 Å². The van der Waals surface area contributed by atoms with Gasteiger partial charge in [-0.25, -0.2) is 0 Å². The molecule has 0 unspecified atom stereocenters. The maximum absolute atomic E-state index is 5.68. The van der Waals surface area contributed by atoms with Crippen molar-refractivity contribution in [3.63, 3.8) is 0 Å². The van der Waals surface area contributed by atoms with Crippen molar-refractivity contribution in [1.29, 1.82) is 0 Å². The number of aromatic nitrogens is 2. The highest BCUT2D eigenvalue weighted by atomic mass is 16.4. The van der Waals surface area contributed by atoms with Crippen molar-refractivity contribution in [3.05, 3.63) is 83.6 Å². The summed E-state index contributed by atoms with van der Waals surface area (Å²) in [6.07, 6.45) is 0. The summed E-state index contributed by atoms with van der Waals surface area (Å²) in [6, 6.07) is 20.8. The summed E-state index contributed by atoms with van der Waals surface area (Å²) in [5.74, 6) is 1.54. The Morgan fingerprint density at radius 3 is 1.91 bits per heavy atom. The molecule has 3 rings (SSSR count). The number of benzene rings is 2. The molecule has 2 aromatic carbocycles. The molecule has 0 aliphatic rings. The van der Waals surface area contributed by atoms with Crippen LogP contribution in [0.15, 0.2) is 65.1 Å². The molecule has 23 heavy (non-hydrogen) atoms. The molecule has 0 amide bonds. The fraction of sp³-hybridized carbons (Fsp3) is 0.263. The molecule has 0 bridgehead atoms. The summed E-state index contributed by atoms with van der Waals surface area (Å²) in [6.45, 7) is 4.62. The van der Waals surface area contributed by atoms with E-state index >= 15 is 0 Å². The zero-order chi connectivity index (χ0) is 16.1. The van der Waals surface area contributed by atoms with E-state index in [2.05, 4.69) is 64.0 Å². The number of hydrogen-bond acceptors (Lipinski definition) is 4. The summed E-state index contributed by atoms with van der Waals surface area (Å²) < 4.78 is 5.68. The molecule has 1 heterocycles. The van der Waals surface area contributed by atoms with E-state index in [4.69, 9.17) is 4.42 Å². The van der Waals surface area contributed by atoms with Crippen molar-refractivity contribution < 1.29 is 4.42 Å². The van der Waals surface area contributed by atoms with Crippen molar-refractivity contribution in [1.82, 2.24) is 15.5 Å². The summed E-state index contributed by atoms with van der Waals surface area (Å²) in [4.78, 5) is 0. The normalized spacial score (nSPS) is 11.3. The lowest BCUT2D eigenvalue weighted by atomic mass is 9.99. The lowest BCUT2D eigenvalue weighted by molar-refractivity contribution is 0.410. The standard InChI is InChI=1S/C19H21N3O/c1-14(2)19-22-21-17(23-19)13-20-18(15-9-5-3-6-10-15)16-11-7-4-8-12-16/h3-12,14,18,20H,13H2,1-2H3. The smallest absolute Gasteiger partial charge is 0.230 e. The number of nitrogens with zero attached hydrogens (tertiary/aromatic N) is 2. The molecule has 1 aromatic heterocycles. The average molecular weight is 307 g/mol.